The molecule has 0 radical (unpaired) electrons. The van der Waals surface area contributed by atoms with Crippen LogP contribution in [0, 0.1) is 12.3 Å². The molecule has 4 rings (SSSR count). The average molecular weight is 343 g/mol. The van der Waals surface area contributed by atoms with Gasteiger partial charge in [0.15, 0.2) is 23.2 Å². The van der Waals surface area contributed by atoms with E-state index < -0.39 is 24.5 Å². The Kier molecular flexibility index (Phi) is 4.29. The number of hydrogen-bond acceptors (Lipinski definition) is 7. The predicted octanol–water partition coefficient (Wildman–Crippen LogP) is 0.823. The molecule has 3 heterocycles. The number of fused-ring (bicyclic) bond motifs is 1. The van der Waals surface area contributed by atoms with E-state index in [2.05, 4.69) is 26.2 Å². The Morgan fingerprint density at radius 3 is 2.68 bits per heavy atom. The van der Waals surface area contributed by atoms with Crippen LogP contribution in [0.25, 0.3) is 11.2 Å². The average Bonchev–Trinajstić information content (AvgIpc) is 3.18. The highest BCUT2D eigenvalue weighted by Crippen LogP contribution is 2.32. The number of nitrogens with one attached hydrogen (secondary N) is 1. The maximum Gasteiger partial charge on any atom is 0.167 e. The van der Waals surface area contributed by atoms with Gasteiger partial charge >= 0.3 is 0 Å². The summed E-state index contributed by atoms with van der Waals surface area (Å²) in [4.78, 5) is 13.0. The van der Waals surface area contributed by atoms with Crippen molar-refractivity contribution in [2.24, 2.45) is 0 Å². The van der Waals surface area contributed by atoms with Gasteiger partial charge < -0.3 is 20.3 Å². The zero-order chi connectivity index (χ0) is 17.4. The third-order valence-corrected chi connectivity index (χ3v) is 4.98. The van der Waals surface area contributed by atoms with E-state index in [4.69, 9.17) is 11.2 Å². The quantitative estimate of drug-likeness (QED) is 0.709. The Labute approximate surface area is 145 Å². The van der Waals surface area contributed by atoms with Crippen molar-refractivity contribution in [3.05, 3.63) is 12.7 Å². The van der Waals surface area contributed by atoms with Gasteiger partial charge in [-0.2, -0.15) is 0 Å². The van der Waals surface area contributed by atoms with E-state index in [0.29, 0.717) is 23.0 Å². The van der Waals surface area contributed by atoms with Crippen molar-refractivity contribution in [1.29, 1.82) is 0 Å². The molecule has 0 aromatic carbocycles. The monoisotopic (exact) mass is 343 g/mol. The molecule has 25 heavy (non-hydrogen) atoms. The first-order chi connectivity index (χ1) is 12.2. The Morgan fingerprint density at radius 2 is 1.96 bits per heavy atom. The fourth-order valence-electron chi connectivity index (χ4n) is 3.61. The van der Waals surface area contributed by atoms with Gasteiger partial charge in [0, 0.05) is 6.04 Å². The highest BCUT2D eigenvalue weighted by Gasteiger charge is 2.43. The molecule has 1 aliphatic heterocycles. The van der Waals surface area contributed by atoms with Gasteiger partial charge in [-0.05, 0) is 12.8 Å². The molecule has 0 unspecified atom stereocenters. The van der Waals surface area contributed by atoms with Crippen molar-refractivity contribution in [3.63, 3.8) is 0 Å². The predicted molar refractivity (Wildman–Crippen MR) is 90.6 cm³/mol. The molecule has 1 saturated heterocycles. The number of aromatic nitrogens is 4. The lowest BCUT2D eigenvalue weighted by atomic mass is 9.95. The molecule has 132 valence electrons. The molecule has 2 fully saturated rings. The summed E-state index contributed by atoms with van der Waals surface area (Å²) in [7, 11) is 0. The Bertz CT molecular complexity index is 795. The lowest BCUT2D eigenvalue weighted by molar-refractivity contribution is -0.0230. The highest BCUT2D eigenvalue weighted by atomic mass is 16.6. The Balaban J connectivity index is 1.64. The topological polar surface area (TPSA) is 105 Å². The van der Waals surface area contributed by atoms with E-state index in [-0.39, 0.29) is 0 Å². The fourth-order valence-corrected chi connectivity index (χ4v) is 3.61. The van der Waals surface area contributed by atoms with Gasteiger partial charge in [0.1, 0.15) is 24.6 Å². The second-order valence-corrected chi connectivity index (χ2v) is 6.62. The number of aliphatic hydroxyl groups is 2. The molecule has 1 saturated carbocycles. The summed E-state index contributed by atoms with van der Waals surface area (Å²) in [5.41, 5.74) is 1.14. The van der Waals surface area contributed by atoms with Crippen LogP contribution in [0.15, 0.2) is 12.7 Å². The SMILES string of the molecule is C#C[C@H]1O[C@@H](n2cnc3c(NC4CCCCC4)ncnc32)[C@H](O)[C@@H]1O. The van der Waals surface area contributed by atoms with Crippen LogP contribution < -0.4 is 5.32 Å². The molecule has 2 aromatic rings. The van der Waals surface area contributed by atoms with Gasteiger partial charge in [-0.25, -0.2) is 15.0 Å². The molecule has 4 atom stereocenters. The maximum absolute atomic E-state index is 10.2. The first-order valence-electron chi connectivity index (χ1n) is 8.61. The molecule has 8 heteroatoms. The number of terminal acetylenes is 1. The van der Waals surface area contributed by atoms with Crippen molar-refractivity contribution in [2.45, 2.75) is 62.7 Å². The summed E-state index contributed by atoms with van der Waals surface area (Å²) in [5, 5.41) is 23.7. The van der Waals surface area contributed by atoms with Crippen molar-refractivity contribution in [2.75, 3.05) is 5.32 Å². The zero-order valence-corrected chi connectivity index (χ0v) is 13.7. The smallest absolute Gasteiger partial charge is 0.167 e. The van der Waals surface area contributed by atoms with E-state index in [1.807, 2.05) is 0 Å². The minimum absolute atomic E-state index is 0.387. The second-order valence-electron chi connectivity index (χ2n) is 6.62. The third kappa shape index (κ3) is 2.84. The minimum Gasteiger partial charge on any atom is -0.386 e. The lowest BCUT2D eigenvalue weighted by Gasteiger charge is -2.23. The van der Waals surface area contributed by atoms with Gasteiger partial charge in [-0.1, -0.05) is 25.2 Å². The standard InChI is InChI=1S/C17H21N5O3/c1-2-11-13(23)14(24)17(25-11)22-9-20-12-15(18-8-19-16(12)22)21-10-6-4-3-5-7-10/h1,8-11,13-14,17,23-24H,3-7H2,(H,18,19,21)/t11-,13-,14-,17-/m1/s1. The van der Waals surface area contributed by atoms with E-state index >= 15 is 0 Å². The molecule has 0 spiro atoms. The van der Waals surface area contributed by atoms with Crippen LogP contribution in [0.3, 0.4) is 0 Å². The third-order valence-electron chi connectivity index (χ3n) is 4.98. The van der Waals surface area contributed by atoms with Crippen LogP contribution in [0.2, 0.25) is 0 Å². The molecule has 8 nitrogen and oxygen atoms in total. The van der Waals surface area contributed by atoms with Crippen molar-refractivity contribution >= 4 is 17.0 Å². The number of anilines is 1. The molecule has 1 aliphatic carbocycles. The molecular formula is C17H21N5O3. The molecule has 3 N–H and O–H groups in total. The first kappa shape index (κ1) is 16.3. The van der Waals surface area contributed by atoms with Crippen molar-refractivity contribution in [3.8, 4) is 12.3 Å². The summed E-state index contributed by atoms with van der Waals surface area (Å²) < 4.78 is 7.18. The number of rotatable bonds is 3. The minimum atomic E-state index is -1.15. The van der Waals surface area contributed by atoms with Gasteiger partial charge in [0.25, 0.3) is 0 Å². The summed E-state index contributed by atoms with van der Waals surface area (Å²) in [6.07, 6.45) is 10.3. The van der Waals surface area contributed by atoms with Crippen LogP contribution in [-0.4, -0.2) is 54.1 Å². The lowest BCUT2D eigenvalue weighted by Crippen LogP contribution is -2.30. The fraction of sp³-hybridized carbons (Fsp3) is 0.588. The van der Waals surface area contributed by atoms with Crippen LogP contribution in [-0.2, 0) is 4.74 Å². The van der Waals surface area contributed by atoms with Crippen molar-refractivity contribution in [1.82, 2.24) is 19.5 Å². The molecule has 2 aromatic heterocycles. The van der Waals surface area contributed by atoms with Gasteiger partial charge in [-0.3, -0.25) is 4.57 Å². The van der Waals surface area contributed by atoms with E-state index in [9.17, 15) is 10.2 Å². The zero-order valence-electron chi connectivity index (χ0n) is 13.7. The van der Waals surface area contributed by atoms with Gasteiger partial charge in [0.2, 0.25) is 0 Å². The van der Waals surface area contributed by atoms with Crippen molar-refractivity contribution < 1.29 is 14.9 Å². The van der Waals surface area contributed by atoms with Crippen LogP contribution in [0.5, 0.6) is 0 Å². The summed E-state index contributed by atoms with van der Waals surface area (Å²) in [5.74, 6) is 3.02. The largest absolute Gasteiger partial charge is 0.386 e. The van der Waals surface area contributed by atoms with E-state index in [0.717, 1.165) is 12.8 Å². The number of ether oxygens (including phenoxy) is 1. The number of aliphatic hydroxyl groups excluding tert-OH is 2. The number of imidazole rings is 1. The summed E-state index contributed by atoms with van der Waals surface area (Å²) in [6, 6.07) is 0.387. The Hall–Kier alpha value is -2.21. The van der Waals surface area contributed by atoms with E-state index in [1.54, 1.807) is 4.57 Å². The first-order valence-corrected chi connectivity index (χ1v) is 8.61. The maximum atomic E-state index is 10.2. The second kappa shape index (κ2) is 6.59. The number of hydrogen-bond donors (Lipinski definition) is 3. The molecule has 0 amide bonds. The van der Waals surface area contributed by atoms with Crippen LogP contribution >= 0.6 is 0 Å². The number of nitrogens with zero attached hydrogens (tertiary/aromatic N) is 4. The highest BCUT2D eigenvalue weighted by molar-refractivity contribution is 5.82. The molecular weight excluding hydrogens is 322 g/mol. The van der Waals surface area contributed by atoms with E-state index in [1.165, 1.54) is 31.9 Å². The van der Waals surface area contributed by atoms with Gasteiger partial charge in [-0.15, -0.1) is 6.42 Å². The normalized spacial score (nSPS) is 30.4. The summed E-state index contributed by atoms with van der Waals surface area (Å²) >= 11 is 0. The molecule has 2 aliphatic rings. The summed E-state index contributed by atoms with van der Waals surface area (Å²) in [6.45, 7) is 0. The van der Waals surface area contributed by atoms with Crippen LogP contribution in [0.4, 0.5) is 5.82 Å². The molecule has 0 bridgehead atoms. The van der Waals surface area contributed by atoms with Crippen LogP contribution in [0.1, 0.15) is 38.3 Å². The van der Waals surface area contributed by atoms with Gasteiger partial charge in [0.05, 0.1) is 6.33 Å². The Morgan fingerprint density at radius 1 is 1.16 bits per heavy atom.